The van der Waals surface area contributed by atoms with Gasteiger partial charge in [0.2, 0.25) is 5.91 Å². The van der Waals surface area contributed by atoms with Crippen LogP contribution in [0.5, 0.6) is 0 Å². The molecule has 3 rings (SSSR count). The normalized spacial score (nSPS) is 10.7. The van der Waals surface area contributed by atoms with E-state index in [4.69, 9.17) is 4.42 Å². The first-order valence-corrected chi connectivity index (χ1v) is 9.18. The van der Waals surface area contributed by atoms with Crippen molar-refractivity contribution in [1.82, 2.24) is 10.2 Å². The summed E-state index contributed by atoms with van der Waals surface area (Å²) in [5.41, 5.74) is 0.837. The van der Waals surface area contributed by atoms with Crippen molar-refractivity contribution in [2.75, 3.05) is 11.1 Å². The molecule has 1 aromatic carbocycles. The number of nitrogens with one attached hydrogen (secondary N) is 1. The van der Waals surface area contributed by atoms with Crippen molar-refractivity contribution in [2.24, 2.45) is 0 Å². The first-order valence-electron chi connectivity index (χ1n) is 7.25. The summed E-state index contributed by atoms with van der Waals surface area (Å²) in [7, 11) is 0. The molecule has 124 valence electrons. The van der Waals surface area contributed by atoms with E-state index in [-0.39, 0.29) is 17.7 Å². The van der Waals surface area contributed by atoms with Gasteiger partial charge in [0.1, 0.15) is 5.82 Å². The van der Waals surface area contributed by atoms with E-state index in [1.807, 2.05) is 16.8 Å². The van der Waals surface area contributed by atoms with Gasteiger partial charge in [-0.15, -0.1) is 16.9 Å². The van der Waals surface area contributed by atoms with E-state index in [1.165, 1.54) is 23.5 Å². The Kier molecular flexibility index (Phi) is 5.60. The second kappa shape index (κ2) is 8.07. The number of hydrogen-bond donors (Lipinski definition) is 1. The first kappa shape index (κ1) is 16.7. The summed E-state index contributed by atoms with van der Waals surface area (Å²) in [6.07, 6.45) is 1.05. The van der Waals surface area contributed by atoms with Crippen molar-refractivity contribution in [3.8, 4) is 11.5 Å². The molecule has 0 unspecified atom stereocenters. The summed E-state index contributed by atoms with van der Waals surface area (Å²) in [4.78, 5) is 12.8. The number of hydrogen-bond acceptors (Lipinski definition) is 6. The van der Waals surface area contributed by atoms with Crippen molar-refractivity contribution in [3.63, 3.8) is 0 Å². The van der Waals surface area contributed by atoms with Gasteiger partial charge < -0.3 is 4.42 Å². The van der Waals surface area contributed by atoms with Crippen LogP contribution in [0.25, 0.3) is 11.5 Å². The minimum atomic E-state index is -0.250. The second-order valence-corrected chi connectivity index (χ2v) is 6.83. The second-order valence-electron chi connectivity index (χ2n) is 4.88. The Morgan fingerprint density at radius 2 is 2.08 bits per heavy atom. The number of carbonyl (C=O) groups excluding carboxylic acids is 1. The SMILES string of the molecule is O=C(CCCSc1ccc(F)cc1)Nc1nnc(-c2ccsc2)o1. The number of amides is 1. The molecule has 3 aromatic rings. The molecule has 1 amide bonds. The number of halogens is 1. The highest BCUT2D eigenvalue weighted by molar-refractivity contribution is 7.99. The molecule has 2 heterocycles. The van der Waals surface area contributed by atoms with Crippen LogP contribution in [0, 0.1) is 5.82 Å². The molecular formula is C16H14FN3O2S2. The lowest BCUT2D eigenvalue weighted by molar-refractivity contribution is -0.116. The lowest BCUT2D eigenvalue weighted by Gasteiger charge is -2.02. The van der Waals surface area contributed by atoms with E-state index < -0.39 is 0 Å². The molecule has 1 N–H and O–H groups in total. The van der Waals surface area contributed by atoms with Gasteiger partial charge in [-0.1, -0.05) is 5.10 Å². The zero-order chi connectivity index (χ0) is 16.8. The van der Waals surface area contributed by atoms with Gasteiger partial charge in [-0.05, 0) is 47.9 Å². The molecule has 0 spiro atoms. The monoisotopic (exact) mass is 363 g/mol. The van der Waals surface area contributed by atoms with Crippen LogP contribution in [-0.4, -0.2) is 21.9 Å². The van der Waals surface area contributed by atoms with Gasteiger partial charge in [-0.25, -0.2) is 4.39 Å². The molecule has 0 bridgehead atoms. The fourth-order valence-electron chi connectivity index (χ4n) is 1.91. The minimum Gasteiger partial charge on any atom is -0.403 e. The molecular weight excluding hydrogens is 349 g/mol. The molecule has 0 aliphatic heterocycles. The fraction of sp³-hybridized carbons (Fsp3) is 0.188. The summed E-state index contributed by atoms with van der Waals surface area (Å²) in [6.45, 7) is 0. The maximum atomic E-state index is 12.8. The molecule has 0 saturated heterocycles. The minimum absolute atomic E-state index is 0.104. The van der Waals surface area contributed by atoms with Crippen LogP contribution in [-0.2, 0) is 4.79 Å². The van der Waals surface area contributed by atoms with Crippen LogP contribution >= 0.6 is 23.1 Å². The summed E-state index contributed by atoms with van der Waals surface area (Å²) in [5.74, 6) is 0.733. The number of aromatic nitrogens is 2. The maximum Gasteiger partial charge on any atom is 0.322 e. The van der Waals surface area contributed by atoms with E-state index >= 15 is 0 Å². The Labute approximate surface area is 146 Å². The molecule has 0 fully saturated rings. The van der Waals surface area contributed by atoms with E-state index in [9.17, 15) is 9.18 Å². The Hall–Kier alpha value is -2.19. The number of rotatable bonds is 7. The number of nitrogens with zero attached hydrogens (tertiary/aromatic N) is 2. The third-order valence-electron chi connectivity index (χ3n) is 3.07. The van der Waals surface area contributed by atoms with Crippen molar-refractivity contribution in [2.45, 2.75) is 17.7 Å². The summed E-state index contributed by atoms with van der Waals surface area (Å²) >= 11 is 3.11. The Morgan fingerprint density at radius 3 is 2.83 bits per heavy atom. The third kappa shape index (κ3) is 4.65. The smallest absolute Gasteiger partial charge is 0.322 e. The van der Waals surface area contributed by atoms with Gasteiger partial charge >= 0.3 is 6.01 Å². The zero-order valence-corrected chi connectivity index (χ0v) is 14.2. The van der Waals surface area contributed by atoms with Crippen molar-refractivity contribution < 1.29 is 13.6 Å². The van der Waals surface area contributed by atoms with E-state index in [2.05, 4.69) is 15.5 Å². The number of thioether (sulfide) groups is 1. The molecule has 0 saturated carbocycles. The van der Waals surface area contributed by atoms with Crippen LogP contribution in [0.2, 0.25) is 0 Å². The van der Waals surface area contributed by atoms with Gasteiger partial charge in [0, 0.05) is 22.3 Å². The maximum absolute atomic E-state index is 12.8. The number of benzene rings is 1. The van der Waals surface area contributed by atoms with Gasteiger partial charge in [-0.3, -0.25) is 10.1 Å². The van der Waals surface area contributed by atoms with Crippen LogP contribution in [0.4, 0.5) is 10.4 Å². The van der Waals surface area contributed by atoms with Crippen LogP contribution in [0.3, 0.4) is 0 Å². The number of thiophene rings is 1. The van der Waals surface area contributed by atoms with Crippen molar-refractivity contribution in [3.05, 3.63) is 46.9 Å². The molecule has 5 nitrogen and oxygen atoms in total. The van der Waals surface area contributed by atoms with Gasteiger partial charge in [-0.2, -0.15) is 11.3 Å². The highest BCUT2D eigenvalue weighted by atomic mass is 32.2. The van der Waals surface area contributed by atoms with Gasteiger partial charge in [0.05, 0.1) is 0 Å². The molecule has 0 aliphatic rings. The predicted octanol–water partition coefficient (Wildman–Crippen LogP) is 4.45. The summed E-state index contributed by atoms with van der Waals surface area (Å²) < 4.78 is 18.2. The summed E-state index contributed by atoms with van der Waals surface area (Å²) in [6, 6.07) is 8.28. The average molecular weight is 363 g/mol. The lowest BCUT2D eigenvalue weighted by atomic mass is 10.3. The van der Waals surface area contributed by atoms with Crippen molar-refractivity contribution >= 4 is 35.0 Å². The molecule has 0 aliphatic carbocycles. The highest BCUT2D eigenvalue weighted by Crippen LogP contribution is 2.22. The quantitative estimate of drug-likeness (QED) is 0.496. The van der Waals surface area contributed by atoms with E-state index in [0.29, 0.717) is 18.7 Å². The molecule has 8 heteroatoms. The molecule has 0 atom stereocenters. The lowest BCUT2D eigenvalue weighted by Crippen LogP contribution is -2.11. The van der Waals surface area contributed by atoms with Crippen molar-refractivity contribution in [1.29, 1.82) is 0 Å². The zero-order valence-electron chi connectivity index (χ0n) is 12.6. The Morgan fingerprint density at radius 1 is 1.25 bits per heavy atom. The number of carbonyl (C=O) groups is 1. The Balaban J connectivity index is 1.40. The number of anilines is 1. The van der Waals surface area contributed by atoms with Gasteiger partial charge in [0.15, 0.2) is 0 Å². The van der Waals surface area contributed by atoms with Crippen LogP contribution in [0.1, 0.15) is 12.8 Å². The third-order valence-corrected chi connectivity index (χ3v) is 4.85. The largest absolute Gasteiger partial charge is 0.403 e. The molecule has 0 radical (unpaired) electrons. The standard InChI is InChI=1S/C16H14FN3O2S2/c17-12-3-5-13(6-4-12)24-8-1-2-14(21)18-16-20-19-15(22-16)11-7-9-23-10-11/h3-7,9-10H,1-2,8H2,(H,18,20,21). The molecule has 2 aromatic heterocycles. The molecule has 24 heavy (non-hydrogen) atoms. The summed E-state index contributed by atoms with van der Waals surface area (Å²) in [5, 5.41) is 14.1. The van der Waals surface area contributed by atoms with Gasteiger partial charge in [0.25, 0.3) is 5.89 Å². The Bertz CT molecular complexity index is 788. The van der Waals surface area contributed by atoms with Crippen LogP contribution in [0.15, 0.2) is 50.4 Å². The fourth-order valence-corrected chi connectivity index (χ4v) is 3.39. The highest BCUT2D eigenvalue weighted by Gasteiger charge is 2.11. The topological polar surface area (TPSA) is 68.0 Å². The van der Waals surface area contributed by atoms with Crippen LogP contribution < -0.4 is 5.32 Å². The van der Waals surface area contributed by atoms with E-state index in [1.54, 1.807) is 23.9 Å². The first-order chi connectivity index (χ1) is 11.7. The predicted molar refractivity (Wildman–Crippen MR) is 92.6 cm³/mol. The van der Waals surface area contributed by atoms with E-state index in [0.717, 1.165) is 16.2 Å². The average Bonchev–Trinajstić information content (AvgIpc) is 3.24.